The van der Waals surface area contributed by atoms with Crippen molar-refractivity contribution >= 4 is 27.5 Å². The lowest BCUT2D eigenvalue weighted by Gasteiger charge is -2.33. The highest BCUT2D eigenvalue weighted by Gasteiger charge is 2.34. The van der Waals surface area contributed by atoms with Crippen molar-refractivity contribution in [3.8, 4) is 0 Å². The molecule has 214 valence electrons. The fourth-order valence-electron chi connectivity index (χ4n) is 4.33. The molecule has 0 radical (unpaired) electrons. The van der Waals surface area contributed by atoms with E-state index >= 15 is 0 Å². The molecule has 0 aliphatic rings. The second-order valence-corrected chi connectivity index (χ2v) is 12.2. The molecule has 0 bridgehead atoms. The Morgan fingerprint density at radius 2 is 1.52 bits per heavy atom. The van der Waals surface area contributed by atoms with E-state index in [2.05, 4.69) is 5.32 Å². The fraction of sp³-hybridized carbons (Fsp3) is 0.355. The number of aryl methyl sites for hydroxylation is 3. The molecule has 3 aromatic carbocycles. The number of carbonyl (C=O) groups excluding carboxylic acids is 2. The first kappa shape index (κ1) is 30.8. The van der Waals surface area contributed by atoms with Crippen LogP contribution in [0.4, 0.5) is 10.1 Å². The van der Waals surface area contributed by atoms with E-state index in [1.165, 1.54) is 29.2 Å². The SMILES string of the molecule is CCC(C(=O)NC(C)C)N(Cc1ccc(F)cc1)C(=O)CN(c1ccc(C)c(C)c1)S(=O)(=O)c1ccc(C)cc1. The molecule has 0 saturated heterocycles. The first-order valence-electron chi connectivity index (χ1n) is 13.3. The van der Waals surface area contributed by atoms with E-state index in [4.69, 9.17) is 0 Å². The average Bonchev–Trinajstić information content (AvgIpc) is 2.89. The van der Waals surface area contributed by atoms with E-state index in [0.717, 1.165) is 21.0 Å². The standard InChI is InChI=1S/C31H38FN3O4S/c1-7-29(31(37)33-21(2)3)34(19-25-11-13-26(32)14-12-25)30(36)20-35(27-15-10-23(5)24(6)18-27)40(38,39)28-16-8-22(4)9-17-28/h8-18,21,29H,7,19-20H2,1-6H3,(H,33,37). The molecule has 1 N–H and O–H groups in total. The van der Waals surface area contributed by atoms with E-state index in [0.29, 0.717) is 17.7 Å². The zero-order valence-corrected chi connectivity index (χ0v) is 24.8. The molecule has 0 heterocycles. The number of anilines is 1. The third-order valence-electron chi connectivity index (χ3n) is 6.75. The van der Waals surface area contributed by atoms with E-state index in [-0.39, 0.29) is 23.4 Å². The van der Waals surface area contributed by atoms with Gasteiger partial charge in [-0.1, -0.05) is 42.8 Å². The van der Waals surface area contributed by atoms with Crippen LogP contribution >= 0.6 is 0 Å². The van der Waals surface area contributed by atoms with Crippen LogP contribution in [0.2, 0.25) is 0 Å². The van der Waals surface area contributed by atoms with Crippen LogP contribution in [0, 0.1) is 26.6 Å². The highest BCUT2D eigenvalue weighted by Crippen LogP contribution is 2.27. The Hall–Kier alpha value is -3.72. The van der Waals surface area contributed by atoms with Crippen molar-refractivity contribution in [2.75, 3.05) is 10.8 Å². The zero-order chi connectivity index (χ0) is 29.6. The van der Waals surface area contributed by atoms with E-state index in [1.807, 2.05) is 40.7 Å². The molecule has 3 rings (SSSR count). The monoisotopic (exact) mass is 567 g/mol. The predicted octanol–water partition coefficient (Wildman–Crippen LogP) is 5.28. The number of sulfonamides is 1. The summed E-state index contributed by atoms with van der Waals surface area (Å²) < 4.78 is 42.6. The third-order valence-corrected chi connectivity index (χ3v) is 8.54. The van der Waals surface area contributed by atoms with Crippen LogP contribution in [-0.2, 0) is 26.2 Å². The van der Waals surface area contributed by atoms with Crippen LogP contribution in [-0.4, -0.2) is 43.8 Å². The fourth-order valence-corrected chi connectivity index (χ4v) is 5.74. The van der Waals surface area contributed by atoms with Crippen molar-refractivity contribution in [2.24, 2.45) is 0 Å². The van der Waals surface area contributed by atoms with Gasteiger partial charge in [-0.15, -0.1) is 0 Å². The van der Waals surface area contributed by atoms with E-state index < -0.39 is 34.3 Å². The molecular weight excluding hydrogens is 529 g/mol. The molecule has 1 unspecified atom stereocenters. The maximum atomic E-state index is 14.0. The minimum atomic E-state index is -4.14. The van der Waals surface area contributed by atoms with Gasteiger partial charge in [-0.3, -0.25) is 13.9 Å². The number of nitrogens with one attached hydrogen (secondary N) is 1. The number of nitrogens with zero attached hydrogens (tertiary/aromatic N) is 2. The number of hydrogen-bond acceptors (Lipinski definition) is 4. The first-order chi connectivity index (χ1) is 18.8. The normalized spacial score (nSPS) is 12.2. The van der Waals surface area contributed by atoms with Gasteiger partial charge in [0.05, 0.1) is 10.6 Å². The van der Waals surface area contributed by atoms with Crippen LogP contribution in [0.1, 0.15) is 49.4 Å². The minimum absolute atomic E-state index is 0.00841. The summed E-state index contributed by atoms with van der Waals surface area (Å²) in [5, 5.41) is 2.86. The smallest absolute Gasteiger partial charge is 0.264 e. The highest BCUT2D eigenvalue weighted by atomic mass is 32.2. The van der Waals surface area contributed by atoms with Crippen LogP contribution in [0.5, 0.6) is 0 Å². The van der Waals surface area contributed by atoms with Gasteiger partial charge in [-0.2, -0.15) is 0 Å². The molecule has 7 nitrogen and oxygen atoms in total. The molecule has 0 aliphatic carbocycles. The van der Waals surface area contributed by atoms with Crippen molar-refractivity contribution < 1.29 is 22.4 Å². The van der Waals surface area contributed by atoms with Crippen molar-refractivity contribution in [2.45, 2.75) is 71.5 Å². The number of hydrogen-bond donors (Lipinski definition) is 1. The van der Waals surface area contributed by atoms with Gasteiger partial charge >= 0.3 is 0 Å². The Morgan fingerprint density at radius 1 is 0.900 bits per heavy atom. The number of benzene rings is 3. The Morgan fingerprint density at radius 3 is 2.08 bits per heavy atom. The maximum Gasteiger partial charge on any atom is 0.264 e. The van der Waals surface area contributed by atoms with Crippen molar-refractivity contribution in [1.82, 2.24) is 10.2 Å². The van der Waals surface area contributed by atoms with Crippen LogP contribution in [0.15, 0.2) is 71.6 Å². The zero-order valence-electron chi connectivity index (χ0n) is 23.9. The summed E-state index contributed by atoms with van der Waals surface area (Å²) in [4.78, 5) is 28.6. The summed E-state index contributed by atoms with van der Waals surface area (Å²) in [7, 11) is -4.14. The van der Waals surface area contributed by atoms with Gasteiger partial charge in [0.2, 0.25) is 11.8 Å². The van der Waals surface area contributed by atoms with Crippen molar-refractivity contribution in [1.29, 1.82) is 0 Å². The first-order valence-corrected chi connectivity index (χ1v) is 14.8. The van der Waals surface area contributed by atoms with Crippen molar-refractivity contribution in [3.63, 3.8) is 0 Å². The second kappa shape index (κ2) is 13.1. The lowest BCUT2D eigenvalue weighted by atomic mass is 10.1. The predicted molar refractivity (Wildman–Crippen MR) is 156 cm³/mol. The molecule has 0 aliphatic heterocycles. The summed E-state index contributed by atoms with van der Waals surface area (Å²) in [6.07, 6.45) is 0.305. The number of rotatable bonds is 11. The van der Waals surface area contributed by atoms with Crippen LogP contribution in [0.3, 0.4) is 0 Å². The maximum absolute atomic E-state index is 14.0. The van der Waals surface area contributed by atoms with Crippen LogP contribution < -0.4 is 9.62 Å². The second-order valence-electron chi connectivity index (χ2n) is 10.3. The van der Waals surface area contributed by atoms with Gasteiger partial charge in [0.25, 0.3) is 10.0 Å². The molecule has 0 saturated carbocycles. The Balaban J connectivity index is 2.08. The van der Waals surface area contributed by atoms with Crippen LogP contribution in [0.25, 0.3) is 0 Å². The third kappa shape index (κ3) is 7.47. The number of halogens is 1. The van der Waals surface area contributed by atoms with E-state index in [1.54, 1.807) is 43.3 Å². The summed E-state index contributed by atoms with van der Waals surface area (Å²) in [5.41, 5.74) is 3.72. The lowest BCUT2D eigenvalue weighted by molar-refractivity contribution is -0.140. The average molecular weight is 568 g/mol. The molecule has 0 spiro atoms. The van der Waals surface area contributed by atoms with Gasteiger partial charge < -0.3 is 10.2 Å². The Labute approximate surface area is 237 Å². The van der Waals surface area contributed by atoms with Crippen molar-refractivity contribution in [3.05, 3.63) is 94.8 Å². The van der Waals surface area contributed by atoms with Gasteiger partial charge in [-0.05, 0) is 94.1 Å². The minimum Gasteiger partial charge on any atom is -0.352 e. The van der Waals surface area contributed by atoms with Gasteiger partial charge in [0, 0.05) is 12.6 Å². The van der Waals surface area contributed by atoms with Gasteiger partial charge in [-0.25, -0.2) is 12.8 Å². The quantitative estimate of drug-likeness (QED) is 0.342. The Bertz CT molecular complexity index is 1440. The lowest BCUT2D eigenvalue weighted by Crippen LogP contribution is -2.53. The largest absolute Gasteiger partial charge is 0.352 e. The summed E-state index contributed by atoms with van der Waals surface area (Å²) >= 11 is 0. The molecular formula is C31H38FN3O4S. The summed E-state index contributed by atoms with van der Waals surface area (Å²) in [6.45, 7) is 10.6. The molecule has 0 fully saturated rings. The van der Waals surface area contributed by atoms with Gasteiger partial charge in [0.15, 0.2) is 0 Å². The highest BCUT2D eigenvalue weighted by molar-refractivity contribution is 7.92. The summed E-state index contributed by atoms with van der Waals surface area (Å²) in [5.74, 6) is -1.31. The number of amides is 2. The topological polar surface area (TPSA) is 86.8 Å². The number of carbonyl (C=O) groups is 2. The summed E-state index contributed by atoms with van der Waals surface area (Å²) in [6, 6.07) is 16.3. The molecule has 2 amide bonds. The van der Waals surface area contributed by atoms with Gasteiger partial charge in [0.1, 0.15) is 18.4 Å². The molecule has 3 aromatic rings. The molecule has 9 heteroatoms. The molecule has 0 aromatic heterocycles. The molecule has 1 atom stereocenters. The Kier molecular flexibility index (Phi) is 10.1. The van der Waals surface area contributed by atoms with E-state index in [9.17, 15) is 22.4 Å². The molecule has 40 heavy (non-hydrogen) atoms.